The fourth-order valence-corrected chi connectivity index (χ4v) is 4.54. The van der Waals surface area contributed by atoms with Crippen molar-refractivity contribution in [2.75, 3.05) is 5.32 Å². The minimum atomic E-state index is -0.498. The van der Waals surface area contributed by atoms with Gasteiger partial charge in [-0.3, -0.25) is 24.6 Å². The molecule has 0 bridgehead atoms. The highest BCUT2D eigenvalue weighted by Gasteiger charge is 2.38. The molecular formula is C23H18FN5O3S. The molecule has 1 unspecified atom stereocenters. The van der Waals surface area contributed by atoms with Crippen molar-refractivity contribution in [2.24, 2.45) is 0 Å². The molecule has 4 aromatic rings. The number of hydrogen-bond acceptors (Lipinski definition) is 6. The summed E-state index contributed by atoms with van der Waals surface area (Å²) in [6, 6.07) is 10.2. The predicted octanol–water partition coefficient (Wildman–Crippen LogP) is 4.24. The van der Waals surface area contributed by atoms with Crippen molar-refractivity contribution < 1.29 is 18.8 Å². The Balaban J connectivity index is 1.40. The number of aromatic nitrogens is 3. The monoisotopic (exact) mass is 463 g/mol. The van der Waals surface area contributed by atoms with Crippen molar-refractivity contribution in [3.05, 3.63) is 70.4 Å². The normalized spacial score (nSPS) is 14.1. The Morgan fingerprint density at radius 1 is 1.12 bits per heavy atom. The van der Waals surface area contributed by atoms with Crippen LogP contribution >= 0.6 is 11.3 Å². The van der Waals surface area contributed by atoms with E-state index in [0.717, 1.165) is 11.3 Å². The van der Waals surface area contributed by atoms with Crippen LogP contribution in [0.2, 0.25) is 0 Å². The van der Waals surface area contributed by atoms with Gasteiger partial charge in [0.15, 0.2) is 0 Å². The summed E-state index contributed by atoms with van der Waals surface area (Å²) in [5, 5.41) is 8.83. The highest BCUT2D eigenvalue weighted by Crippen LogP contribution is 2.28. The maximum absolute atomic E-state index is 13.2. The van der Waals surface area contributed by atoms with E-state index in [1.807, 2.05) is 19.2 Å². The standard InChI is InChI=1S/C23H18FN5O3S/c1-3-12(2)28-20(31)16-9-6-14(10-17(16)21(28)32)19(30)25-22-26-23-29(27-22)18(11-33-23)13-4-7-15(24)8-5-13/h4-12H,3H2,1-2H3,(H,25,27,30). The molecule has 1 atom stereocenters. The van der Waals surface area contributed by atoms with Crippen LogP contribution in [0.25, 0.3) is 16.2 Å². The van der Waals surface area contributed by atoms with Crippen molar-refractivity contribution >= 4 is 40.0 Å². The quantitative estimate of drug-likeness (QED) is 0.447. The van der Waals surface area contributed by atoms with E-state index < -0.39 is 11.8 Å². The zero-order chi connectivity index (χ0) is 23.3. The third-order valence-electron chi connectivity index (χ3n) is 5.66. The van der Waals surface area contributed by atoms with E-state index in [9.17, 15) is 18.8 Å². The first-order chi connectivity index (χ1) is 15.9. The maximum Gasteiger partial charge on any atom is 0.261 e. The number of nitrogens with one attached hydrogen (secondary N) is 1. The second kappa shape index (κ2) is 7.89. The summed E-state index contributed by atoms with van der Waals surface area (Å²) in [7, 11) is 0. The highest BCUT2D eigenvalue weighted by molar-refractivity contribution is 7.15. The summed E-state index contributed by atoms with van der Waals surface area (Å²) >= 11 is 1.34. The summed E-state index contributed by atoms with van der Waals surface area (Å²) in [5.41, 5.74) is 2.21. The minimum Gasteiger partial charge on any atom is -0.289 e. The summed E-state index contributed by atoms with van der Waals surface area (Å²) < 4.78 is 14.8. The van der Waals surface area contributed by atoms with Crippen molar-refractivity contribution in [1.82, 2.24) is 19.5 Å². The number of benzene rings is 2. The van der Waals surface area contributed by atoms with Crippen molar-refractivity contribution in [3.8, 4) is 11.3 Å². The van der Waals surface area contributed by atoms with E-state index in [0.29, 0.717) is 16.9 Å². The fourth-order valence-electron chi connectivity index (χ4n) is 3.71. The molecule has 10 heteroatoms. The summed E-state index contributed by atoms with van der Waals surface area (Å²) in [6.45, 7) is 3.71. The topological polar surface area (TPSA) is 96.7 Å². The van der Waals surface area contributed by atoms with Gasteiger partial charge in [-0.25, -0.2) is 8.91 Å². The lowest BCUT2D eigenvalue weighted by Crippen LogP contribution is -2.37. The van der Waals surface area contributed by atoms with Gasteiger partial charge in [0, 0.05) is 22.5 Å². The zero-order valence-electron chi connectivity index (χ0n) is 17.7. The first kappa shape index (κ1) is 21.0. The molecule has 1 aliphatic rings. The molecule has 0 saturated heterocycles. The number of hydrogen-bond donors (Lipinski definition) is 1. The van der Waals surface area contributed by atoms with Gasteiger partial charge in [0.05, 0.1) is 16.8 Å². The number of amides is 3. The number of carbonyl (C=O) groups excluding carboxylic acids is 3. The molecule has 0 fully saturated rings. The van der Waals surface area contributed by atoms with E-state index in [1.54, 1.807) is 16.6 Å². The second-order valence-corrected chi connectivity index (χ2v) is 8.55. The van der Waals surface area contributed by atoms with Gasteiger partial charge in [-0.1, -0.05) is 6.92 Å². The molecule has 2 aromatic heterocycles. The Labute approximate surface area is 191 Å². The number of rotatable bonds is 5. The van der Waals surface area contributed by atoms with Crippen LogP contribution in [-0.2, 0) is 0 Å². The number of carbonyl (C=O) groups is 3. The van der Waals surface area contributed by atoms with Crippen LogP contribution in [0.3, 0.4) is 0 Å². The molecule has 0 saturated carbocycles. The van der Waals surface area contributed by atoms with E-state index in [1.165, 1.54) is 46.6 Å². The number of halogens is 1. The fraction of sp³-hybridized carbons (Fsp3) is 0.174. The van der Waals surface area contributed by atoms with Gasteiger partial charge in [-0.2, -0.15) is 4.98 Å². The van der Waals surface area contributed by atoms with Gasteiger partial charge in [0.1, 0.15) is 5.82 Å². The van der Waals surface area contributed by atoms with E-state index in [-0.39, 0.29) is 34.8 Å². The molecule has 0 spiro atoms. The molecule has 3 amide bonds. The molecule has 2 aromatic carbocycles. The molecule has 33 heavy (non-hydrogen) atoms. The number of thiazole rings is 1. The SMILES string of the molecule is CCC(C)N1C(=O)c2ccc(C(=O)Nc3nc4scc(-c5ccc(F)cc5)n4n3)cc2C1=O. The van der Waals surface area contributed by atoms with Gasteiger partial charge in [0.25, 0.3) is 23.7 Å². The number of nitrogens with zero attached hydrogens (tertiary/aromatic N) is 4. The van der Waals surface area contributed by atoms with Crippen LogP contribution in [0.1, 0.15) is 51.3 Å². The van der Waals surface area contributed by atoms with Crippen LogP contribution in [0.15, 0.2) is 47.8 Å². The Kier molecular flexibility index (Phi) is 5.01. The Hall–Kier alpha value is -3.92. The van der Waals surface area contributed by atoms with Crippen LogP contribution in [0.4, 0.5) is 10.3 Å². The van der Waals surface area contributed by atoms with Gasteiger partial charge in [-0.05, 0) is 55.8 Å². The largest absolute Gasteiger partial charge is 0.289 e. The zero-order valence-corrected chi connectivity index (χ0v) is 18.5. The molecule has 0 aliphatic carbocycles. The van der Waals surface area contributed by atoms with Crippen molar-refractivity contribution in [3.63, 3.8) is 0 Å². The van der Waals surface area contributed by atoms with Gasteiger partial charge in [0.2, 0.25) is 4.96 Å². The highest BCUT2D eigenvalue weighted by atomic mass is 32.1. The molecule has 5 rings (SSSR count). The number of anilines is 1. The van der Waals surface area contributed by atoms with Crippen LogP contribution in [0, 0.1) is 5.82 Å². The molecule has 1 N–H and O–H groups in total. The lowest BCUT2D eigenvalue weighted by molar-refractivity contribution is 0.0593. The Bertz CT molecular complexity index is 1430. The summed E-state index contributed by atoms with van der Waals surface area (Å²) in [4.78, 5) is 44.2. The average Bonchev–Trinajstić information content (AvgIpc) is 3.45. The average molecular weight is 463 g/mol. The van der Waals surface area contributed by atoms with Crippen LogP contribution in [0.5, 0.6) is 0 Å². The molecule has 0 radical (unpaired) electrons. The Morgan fingerprint density at radius 3 is 2.58 bits per heavy atom. The van der Waals surface area contributed by atoms with E-state index >= 15 is 0 Å². The maximum atomic E-state index is 13.2. The van der Waals surface area contributed by atoms with E-state index in [2.05, 4.69) is 15.4 Å². The summed E-state index contributed by atoms with van der Waals surface area (Å²) in [6.07, 6.45) is 0.641. The first-order valence-corrected chi connectivity index (χ1v) is 11.2. The smallest absolute Gasteiger partial charge is 0.261 e. The van der Waals surface area contributed by atoms with Crippen molar-refractivity contribution in [1.29, 1.82) is 0 Å². The molecule has 8 nitrogen and oxygen atoms in total. The first-order valence-electron chi connectivity index (χ1n) is 10.3. The van der Waals surface area contributed by atoms with Crippen molar-refractivity contribution in [2.45, 2.75) is 26.3 Å². The van der Waals surface area contributed by atoms with Gasteiger partial charge >= 0.3 is 0 Å². The van der Waals surface area contributed by atoms with Crippen LogP contribution < -0.4 is 5.32 Å². The van der Waals surface area contributed by atoms with Gasteiger partial charge < -0.3 is 0 Å². The third-order valence-corrected chi connectivity index (χ3v) is 6.47. The summed E-state index contributed by atoms with van der Waals surface area (Å²) in [5.74, 6) is -1.48. The second-order valence-electron chi connectivity index (χ2n) is 7.71. The Morgan fingerprint density at radius 2 is 1.85 bits per heavy atom. The molecule has 166 valence electrons. The van der Waals surface area contributed by atoms with E-state index in [4.69, 9.17) is 0 Å². The lowest BCUT2D eigenvalue weighted by Gasteiger charge is -2.20. The predicted molar refractivity (Wildman–Crippen MR) is 121 cm³/mol. The number of imide groups is 1. The minimum absolute atomic E-state index is 0.0966. The number of fused-ring (bicyclic) bond motifs is 2. The molecular weight excluding hydrogens is 445 g/mol. The van der Waals surface area contributed by atoms with Crippen LogP contribution in [-0.4, -0.2) is 43.3 Å². The molecule has 3 heterocycles. The molecule has 1 aliphatic heterocycles. The third kappa shape index (κ3) is 3.48. The lowest BCUT2D eigenvalue weighted by atomic mass is 10.1. The van der Waals surface area contributed by atoms with Gasteiger partial charge in [-0.15, -0.1) is 16.4 Å².